The smallest absolute Gasteiger partial charge is 0.251 e. The Morgan fingerprint density at radius 1 is 0.828 bits per heavy atom. The molecule has 3 rings (SSSR count). The normalized spacial score (nSPS) is 10.9. The molecule has 0 saturated carbocycles. The fraction of sp³-hybridized carbons (Fsp3) is 0.120. The minimum atomic E-state index is -0.176. The SMILES string of the molecule is CNC(=O)c1ccc(/C=C/C(=O)N(C)C(c2ccccc2)c2ccccc2)cc1. The summed E-state index contributed by atoms with van der Waals surface area (Å²) in [6, 6.07) is 26.9. The Hall–Kier alpha value is -3.66. The zero-order chi connectivity index (χ0) is 20.6. The third-order valence-electron chi connectivity index (χ3n) is 4.78. The number of rotatable bonds is 6. The van der Waals surface area contributed by atoms with Crippen molar-refractivity contribution in [2.45, 2.75) is 6.04 Å². The van der Waals surface area contributed by atoms with Crippen molar-refractivity contribution in [3.05, 3.63) is 113 Å². The van der Waals surface area contributed by atoms with Gasteiger partial charge in [0.15, 0.2) is 0 Å². The van der Waals surface area contributed by atoms with Gasteiger partial charge in [-0.25, -0.2) is 0 Å². The first-order valence-corrected chi connectivity index (χ1v) is 9.47. The van der Waals surface area contributed by atoms with E-state index in [1.165, 1.54) is 0 Å². The van der Waals surface area contributed by atoms with Gasteiger partial charge in [0.25, 0.3) is 5.91 Å². The standard InChI is InChI=1S/C25H24N2O2/c1-26-25(29)22-16-13-19(14-17-22)15-18-23(28)27(2)24(20-9-5-3-6-10-20)21-11-7-4-8-12-21/h3-18,24H,1-2H3,(H,26,29)/b18-15+. The molecule has 1 N–H and O–H groups in total. The van der Waals surface area contributed by atoms with Gasteiger partial charge in [-0.05, 0) is 34.9 Å². The van der Waals surface area contributed by atoms with E-state index in [-0.39, 0.29) is 17.9 Å². The molecule has 0 aliphatic heterocycles. The summed E-state index contributed by atoms with van der Waals surface area (Å²) < 4.78 is 0. The van der Waals surface area contributed by atoms with E-state index in [1.54, 1.807) is 36.2 Å². The van der Waals surface area contributed by atoms with E-state index in [0.717, 1.165) is 16.7 Å². The van der Waals surface area contributed by atoms with Crippen LogP contribution < -0.4 is 5.32 Å². The Labute approximate surface area is 171 Å². The average molecular weight is 384 g/mol. The first-order valence-electron chi connectivity index (χ1n) is 9.47. The van der Waals surface area contributed by atoms with Gasteiger partial charge in [0.05, 0.1) is 6.04 Å². The van der Waals surface area contributed by atoms with Gasteiger partial charge in [0, 0.05) is 25.7 Å². The minimum absolute atomic E-state index is 0.0990. The van der Waals surface area contributed by atoms with Crippen LogP contribution in [0.3, 0.4) is 0 Å². The van der Waals surface area contributed by atoms with E-state index < -0.39 is 0 Å². The maximum atomic E-state index is 12.9. The summed E-state index contributed by atoms with van der Waals surface area (Å²) in [4.78, 5) is 26.3. The summed E-state index contributed by atoms with van der Waals surface area (Å²) in [5, 5.41) is 2.59. The Morgan fingerprint density at radius 2 is 1.34 bits per heavy atom. The van der Waals surface area contributed by atoms with Crippen LogP contribution in [0.5, 0.6) is 0 Å². The average Bonchev–Trinajstić information content (AvgIpc) is 2.79. The molecule has 0 spiro atoms. The highest BCUT2D eigenvalue weighted by atomic mass is 16.2. The lowest BCUT2D eigenvalue weighted by Crippen LogP contribution is -2.30. The van der Waals surface area contributed by atoms with E-state index in [1.807, 2.05) is 79.8 Å². The van der Waals surface area contributed by atoms with Crippen LogP contribution in [-0.2, 0) is 4.79 Å². The zero-order valence-electron chi connectivity index (χ0n) is 16.6. The fourth-order valence-corrected chi connectivity index (χ4v) is 3.21. The predicted octanol–water partition coefficient (Wildman–Crippen LogP) is 4.31. The number of carbonyl (C=O) groups excluding carboxylic acids is 2. The quantitative estimate of drug-likeness (QED) is 0.644. The van der Waals surface area contributed by atoms with Crippen molar-refractivity contribution in [3.8, 4) is 0 Å². The minimum Gasteiger partial charge on any atom is -0.355 e. The number of amides is 2. The van der Waals surface area contributed by atoms with Crippen LogP contribution in [0, 0.1) is 0 Å². The second-order valence-electron chi connectivity index (χ2n) is 6.71. The maximum absolute atomic E-state index is 12.9. The Balaban J connectivity index is 1.81. The number of nitrogens with one attached hydrogen (secondary N) is 1. The highest BCUT2D eigenvalue weighted by molar-refractivity contribution is 5.95. The van der Waals surface area contributed by atoms with Gasteiger partial charge in [-0.2, -0.15) is 0 Å². The summed E-state index contributed by atoms with van der Waals surface area (Å²) in [5.74, 6) is -0.233. The second kappa shape index (κ2) is 9.51. The number of likely N-dealkylation sites (N-methyl/N-ethyl adjacent to an activating group) is 1. The second-order valence-corrected chi connectivity index (χ2v) is 6.71. The summed E-state index contributed by atoms with van der Waals surface area (Å²) in [6.07, 6.45) is 3.33. The molecule has 0 aliphatic carbocycles. The summed E-state index contributed by atoms with van der Waals surface area (Å²) >= 11 is 0. The molecule has 4 nitrogen and oxygen atoms in total. The zero-order valence-corrected chi connectivity index (χ0v) is 16.6. The molecular weight excluding hydrogens is 360 g/mol. The van der Waals surface area contributed by atoms with Crippen molar-refractivity contribution in [1.29, 1.82) is 0 Å². The van der Waals surface area contributed by atoms with Crippen molar-refractivity contribution >= 4 is 17.9 Å². The van der Waals surface area contributed by atoms with Gasteiger partial charge >= 0.3 is 0 Å². The highest BCUT2D eigenvalue weighted by Gasteiger charge is 2.21. The van der Waals surface area contributed by atoms with E-state index in [9.17, 15) is 9.59 Å². The molecular formula is C25H24N2O2. The predicted molar refractivity (Wildman–Crippen MR) is 116 cm³/mol. The molecule has 0 radical (unpaired) electrons. The molecule has 2 amide bonds. The van der Waals surface area contributed by atoms with Crippen LogP contribution in [0.2, 0.25) is 0 Å². The Kier molecular flexibility index (Phi) is 6.59. The molecule has 0 heterocycles. The summed E-state index contributed by atoms with van der Waals surface area (Å²) in [7, 11) is 3.41. The number of benzene rings is 3. The third kappa shape index (κ3) is 4.99. The Morgan fingerprint density at radius 3 is 1.83 bits per heavy atom. The lowest BCUT2D eigenvalue weighted by atomic mass is 9.97. The fourth-order valence-electron chi connectivity index (χ4n) is 3.21. The van der Waals surface area contributed by atoms with Crippen LogP contribution in [0.15, 0.2) is 91.0 Å². The van der Waals surface area contributed by atoms with Crippen LogP contribution in [0.1, 0.15) is 33.1 Å². The monoisotopic (exact) mass is 384 g/mol. The van der Waals surface area contributed by atoms with Crippen LogP contribution in [0.4, 0.5) is 0 Å². The third-order valence-corrected chi connectivity index (χ3v) is 4.78. The number of hydrogen-bond acceptors (Lipinski definition) is 2. The van der Waals surface area contributed by atoms with E-state index in [0.29, 0.717) is 5.56 Å². The van der Waals surface area contributed by atoms with Crippen molar-refractivity contribution < 1.29 is 9.59 Å². The maximum Gasteiger partial charge on any atom is 0.251 e. The van der Waals surface area contributed by atoms with Gasteiger partial charge in [0.2, 0.25) is 5.91 Å². The molecule has 4 heteroatoms. The molecule has 146 valence electrons. The van der Waals surface area contributed by atoms with Gasteiger partial charge < -0.3 is 10.2 Å². The lowest BCUT2D eigenvalue weighted by Gasteiger charge is -2.28. The molecule has 0 atom stereocenters. The molecule has 0 bridgehead atoms. The topological polar surface area (TPSA) is 49.4 Å². The van der Waals surface area contributed by atoms with Crippen LogP contribution in [0.25, 0.3) is 6.08 Å². The van der Waals surface area contributed by atoms with E-state index >= 15 is 0 Å². The molecule has 29 heavy (non-hydrogen) atoms. The van der Waals surface area contributed by atoms with E-state index in [4.69, 9.17) is 0 Å². The number of carbonyl (C=O) groups is 2. The van der Waals surface area contributed by atoms with Crippen molar-refractivity contribution in [1.82, 2.24) is 10.2 Å². The molecule has 3 aromatic carbocycles. The van der Waals surface area contributed by atoms with Gasteiger partial charge in [0.1, 0.15) is 0 Å². The first kappa shape index (κ1) is 20.1. The van der Waals surface area contributed by atoms with Gasteiger partial charge in [-0.15, -0.1) is 0 Å². The van der Waals surface area contributed by atoms with Crippen LogP contribution >= 0.6 is 0 Å². The number of nitrogens with zero attached hydrogens (tertiary/aromatic N) is 1. The van der Waals surface area contributed by atoms with Crippen molar-refractivity contribution in [2.24, 2.45) is 0 Å². The molecule has 0 unspecified atom stereocenters. The largest absolute Gasteiger partial charge is 0.355 e. The van der Waals surface area contributed by atoms with Gasteiger partial charge in [-0.1, -0.05) is 72.8 Å². The van der Waals surface area contributed by atoms with E-state index in [2.05, 4.69) is 5.32 Å². The lowest BCUT2D eigenvalue weighted by molar-refractivity contribution is -0.126. The molecule has 0 saturated heterocycles. The summed E-state index contributed by atoms with van der Waals surface area (Å²) in [5.41, 5.74) is 3.55. The number of hydrogen-bond donors (Lipinski definition) is 1. The van der Waals surface area contributed by atoms with Crippen LogP contribution in [-0.4, -0.2) is 30.8 Å². The summed E-state index contributed by atoms with van der Waals surface area (Å²) in [6.45, 7) is 0. The molecule has 0 fully saturated rings. The van der Waals surface area contributed by atoms with Crippen molar-refractivity contribution in [2.75, 3.05) is 14.1 Å². The molecule has 0 aromatic heterocycles. The highest BCUT2D eigenvalue weighted by Crippen LogP contribution is 2.27. The molecule has 0 aliphatic rings. The molecule has 3 aromatic rings. The van der Waals surface area contributed by atoms with Crippen molar-refractivity contribution in [3.63, 3.8) is 0 Å². The Bertz CT molecular complexity index is 941. The first-order chi connectivity index (χ1) is 14.1. The van der Waals surface area contributed by atoms with Gasteiger partial charge in [-0.3, -0.25) is 9.59 Å².